The van der Waals surface area contributed by atoms with E-state index in [1.807, 2.05) is 37.3 Å². The summed E-state index contributed by atoms with van der Waals surface area (Å²) in [6, 6.07) is 15.2. The molecule has 2 aromatic rings. The van der Waals surface area contributed by atoms with Crippen LogP contribution in [0.1, 0.15) is 39.9 Å². The van der Waals surface area contributed by atoms with Gasteiger partial charge < -0.3 is 14.8 Å². The molecule has 0 unspecified atom stereocenters. The van der Waals surface area contributed by atoms with E-state index < -0.39 is 5.97 Å². The Morgan fingerprint density at radius 3 is 2.38 bits per heavy atom. The number of ether oxygens (including phenoxy) is 2. The molecule has 1 aliphatic heterocycles. The predicted molar refractivity (Wildman–Crippen MR) is 120 cm³/mol. The largest absolute Gasteiger partial charge is 0.456 e. The number of carbonyl (C=O) groups is 3. The van der Waals surface area contributed by atoms with E-state index >= 15 is 0 Å². The second kappa shape index (κ2) is 12.1. The Hall–Kier alpha value is -3.03. The molecule has 7 nitrogen and oxygen atoms in total. The Balaban J connectivity index is 1.38. The number of hydrogen-bond acceptors (Lipinski definition) is 6. The van der Waals surface area contributed by atoms with Gasteiger partial charge in [-0.2, -0.15) is 0 Å². The molecular formula is C25H30N2O5. The van der Waals surface area contributed by atoms with Gasteiger partial charge >= 0.3 is 5.97 Å². The Kier molecular flexibility index (Phi) is 8.95. The molecule has 0 saturated carbocycles. The van der Waals surface area contributed by atoms with E-state index in [-0.39, 0.29) is 31.1 Å². The van der Waals surface area contributed by atoms with Crippen LogP contribution >= 0.6 is 0 Å². The fourth-order valence-electron chi connectivity index (χ4n) is 3.45. The highest BCUT2D eigenvalue weighted by molar-refractivity contribution is 5.97. The molecule has 1 amide bonds. The fourth-order valence-corrected chi connectivity index (χ4v) is 3.45. The molecule has 32 heavy (non-hydrogen) atoms. The molecule has 3 rings (SSSR count). The maximum Gasteiger partial charge on any atom is 0.306 e. The molecular weight excluding hydrogens is 408 g/mol. The van der Waals surface area contributed by atoms with Crippen molar-refractivity contribution in [2.75, 3.05) is 32.9 Å². The third-order valence-corrected chi connectivity index (χ3v) is 5.39. The zero-order chi connectivity index (χ0) is 22.8. The average Bonchev–Trinajstić information content (AvgIpc) is 2.81. The summed E-state index contributed by atoms with van der Waals surface area (Å²) in [6.45, 7) is 6.01. The normalized spacial score (nSPS) is 14.0. The van der Waals surface area contributed by atoms with Crippen molar-refractivity contribution in [3.8, 4) is 0 Å². The molecule has 0 aliphatic carbocycles. The molecule has 2 aromatic carbocycles. The second-order valence-electron chi connectivity index (χ2n) is 7.88. The monoisotopic (exact) mass is 438 g/mol. The van der Waals surface area contributed by atoms with Crippen LogP contribution < -0.4 is 5.32 Å². The van der Waals surface area contributed by atoms with Gasteiger partial charge in [0.05, 0.1) is 19.6 Å². The number of esters is 1. The summed E-state index contributed by atoms with van der Waals surface area (Å²) in [7, 11) is 0. The first-order valence-corrected chi connectivity index (χ1v) is 10.9. The molecule has 1 fully saturated rings. The van der Waals surface area contributed by atoms with Crippen molar-refractivity contribution in [3.05, 3.63) is 70.8 Å². The zero-order valence-electron chi connectivity index (χ0n) is 18.5. The third kappa shape index (κ3) is 7.59. The van der Waals surface area contributed by atoms with Gasteiger partial charge in [-0.3, -0.25) is 19.3 Å². The average molecular weight is 439 g/mol. The summed E-state index contributed by atoms with van der Waals surface area (Å²) in [6.07, 6.45) is 0.000794. The van der Waals surface area contributed by atoms with Gasteiger partial charge in [-0.05, 0) is 18.1 Å². The van der Waals surface area contributed by atoms with Gasteiger partial charge in [0.25, 0.3) is 5.91 Å². The van der Waals surface area contributed by atoms with Crippen molar-refractivity contribution in [2.24, 2.45) is 0 Å². The molecule has 170 valence electrons. The first kappa shape index (κ1) is 23.6. The third-order valence-electron chi connectivity index (χ3n) is 5.39. The summed E-state index contributed by atoms with van der Waals surface area (Å²) in [4.78, 5) is 38.5. The zero-order valence-corrected chi connectivity index (χ0v) is 18.5. The number of hydrogen-bond donors (Lipinski definition) is 1. The second-order valence-corrected chi connectivity index (χ2v) is 7.88. The van der Waals surface area contributed by atoms with Gasteiger partial charge in [0, 0.05) is 38.2 Å². The summed E-state index contributed by atoms with van der Waals surface area (Å²) < 4.78 is 10.4. The van der Waals surface area contributed by atoms with Crippen LogP contribution in [0.4, 0.5) is 0 Å². The number of nitrogens with one attached hydrogen (secondary N) is 1. The highest BCUT2D eigenvalue weighted by Crippen LogP contribution is 2.13. The van der Waals surface area contributed by atoms with E-state index in [0.717, 1.165) is 49.5 Å². The molecule has 0 atom stereocenters. The van der Waals surface area contributed by atoms with Crippen LogP contribution in [0.15, 0.2) is 48.5 Å². The lowest BCUT2D eigenvalue weighted by atomic mass is 10.1. The molecule has 7 heteroatoms. The van der Waals surface area contributed by atoms with Crippen LogP contribution in [-0.4, -0.2) is 55.5 Å². The van der Waals surface area contributed by atoms with Crippen LogP contribution in [0.3, 0.4) is 0 Å². The molecule has 0 radical (unpaired) electrons. The Morgan fingerprint density at radius 2 is 1.66 bits per heavy atom. The number of amides is 1. The number of carbonyl (C=O) groups excluding carboxylic acids is 3. The van der Waals surface area contributed by atoms with Crippen molar-refractivity contribution < 1.29 is 23.9 Å². The smallest absolute Gasteiger partial charge is 0.306 e. The number of morpholine rings is 1. The van der Waals surface area contributed by atoms with Crippen LogP contribution in [0.25, 0.3) is 0 Å². The molecule has 1 aliphatic rings. The minimum absolute atomic E-state index is 0.0532. The fraction of sp³-hybridized carbons (Fsp3) is 0.400. The number of Topliss-reactive ketones (excluding diaryl/α,β-unsaturated/α-hetero) is 1. The van der Waals surface area contributed by atoms with Crippen LogP contribution in [-0.2, 0) is 32.2 Å². The quantitative estimate of drug-likeness (QED) is 0.454. The molecule has 0 bridgehead atoms. The number of nitrogens with zero attached hydrogens (tertiary/aromatic N) is 1. The van der Waals surface area contributed by atoms with Crippen LogP contribution in [0, 0.1) is 6.92 Å². The van der Waals surface area contributed by atoms with Crippen molar-refractivity contribution >= 4 is 17.7 Å². The van der Waals surface area contributed by atoms with E-state index in [0.29, 0.717) is 12.1 Å². The van der Waals surface area contributed by atoms with Crippen molar-refractivity contribution in [1.29, 1.82) is 0 Å². The summed E-state index contributed by atoms with van der Waals surface area (Å²) in [5, 5.41) is 2.80. The lowest BCUT2D eigenvalue weighted by Gasteiger charge is -2.27. The van der Waals surface area contributed by atoms with E-state index in [2.05, 4.69) is 16.3 Å². The van der Waals surface area contributed by atoms with Gasteiger partial charge in [0.2, 0.25) is 0 Å². The molecule has 1 saturated heterocycles. The van der Waals surface area contributed by atoms with Gasteiger partial charge in [-0.25, -0.2) is 0 Å². The minimum atomic E-state index is -0.562. The lowest BCUT2D eigenvalue weighted by molar-refractivity contribution is -0.148. The van der Waals surface area contributed by atoms with Crippen LogP contribution in [0.5, 0.6) is 0 Å². The lowest BCUT2D eigenvalue weighted by Crippen LogP contribution is -2.36. The highest BCUT2D eigenvalue weighted by atomic mass is 16.5. The predicted octanol–water partition coefficient (Wildman–Crippen LogP) is 2.65. The van der Waals surface area contributed by atoms with E-state index in [9.17, 15) is 14.4 Å². The first-order valence-electron chi connectivity index (χ1n) is 10.9. The number of aryl methyl sites for hydroxylation is 1. The molecule has 0 spiro atoms. The number of ketones is 1. The Labute approximate surface area is 188 Å². The van der Waals surface area contributed by atoms with Crippen molar-refractivity contribution in [3.63, 3.8) is 0 Å². The van der Waals surface area contributed by atoms with Gasteiger partial charge in [-0.1, -0.05) is 54.1 Å². The van der Waals surface area contributed by atoms with Crippen LogP contribution in [0.2, 0.25) is 0 Å². The summed E-state index contributed by atoms with van der Waals surface area (Å²) >= 11 is 0. The topological polar surface area (TPSA) is 84.9 Å². The molecule has 1 heterocycles. The van der Waals surface area contributed by atoms with E-state index in [1.54, 1.807) is 12.1 Å². The highest BCUT2D eigenvalue weighted by Gasteiger charge is 2.14. The first-order chi connectivity index (χ1) is 15.5. The van der Waals surface area contributed by atoms with Gasteiger partial charge in [0.1, 0.15) is 0 Å². The van der Waals surface area contributed by atoms with E-state index in [1.165, 1.54) is 0 Å². The standard InChI is InChI=1S/C25H30N2O5/c1-19-6-8-20(9-7-19)23(28)10-11-25(30)32-18-24(29)26-16-21-4-2-3-5-22(21)17-27-12-14-31-15-13-27/h2-9H,10-18H2,1H3,(H,26,29). The van der Waals surface area contributed by atoms with Gasteiger partial charge in [-0.15, -0.1) is 0 Å². The summed E-state index contributed by atoms with van der Waals surface area (Å²) in [5.74, 6) is -1.05. The van der Waals surface area contributed by atoms with E-state index in [4.69, 9.17) is 9.47 Å². The van der Waals surface area contributed by atoms with Gasteiger partial charge in [0.15, 0.2) is 12.4 Å². The maximum atomic E-state index is 12.1. The Bertz CT molecular complexity index is 920. The maximum absolute atomic E-state index is 12.1. The number of benzene rings is 2. The SMILES string of the molecule is Cc1ccc(C(=O)CCC(=O)OCC(=O)NCc2ccccc2CN2CCOCC2)cc1. The Morgan fingerprint density at radius 1 is 0.969 bits per heavy atom. The van der Waals surface area contributed by atoms with Crippen molar-refractivity contribution in [1.82, 2.24) is 10.2 Å². The summed E-state index contributed by atoms with van der Waals surface area (Å²) in [5.41, 5.74) is 3.82. The number of rotatable bonds is 10. The molecule has 0 aromatic heterocycles. The van der Waals surface area contributed by atoms with Crippen molar-refractivity contribution in [2.45, 2.75) is 32.9 Å². The minimum Gasteiger partial charge on any atom is -0.456 e. The molecule has 1 N–H and O–H groups in total.